The molecule has 1 fully saturated rings. The molecule has 0 N–H and O–H groups in total. The molecule has 0 aromatic heterocycles. The Morgan fingerprint density at radius 3 is 2.25 bits per heavy atom. The molecule has 3 nitrogen and oxygen atoms in total. The second kappa shape index (κ2) is 9.11. The SMILES string of the molecule is COc1ccc2cc(OCCCN3CCC(c4ccccc4)CC3)ccc2c1. The quantitative estimate of drug-likeness (QED) is 0.509. The molecule has 0 spiro atoms. The number of likely N-dealkylation sites (tertiary alicyclic amines) is 1. The van der Waals surface area contributed by atoms with Crippen molar-refractivity contribution in [3.8, 4) is 11.5 Å². The van der Waals surface area contributed by atoms with Gasteiger partial charge < -0.3 is 14.4 Å². The number of fused-ring (bicyclic) bond motifs is 1. The predicted molar refractivity (Wildman–Crippen MR) is 115 cm³/mol. The zero-order valence-electron chi connectivity index (χ0n) is 16.6. The standard InChI is InChI=1S/C25H29NO2/c1-27-24-10-8-23-19-25(11-9-22(23)18-24)28-17-5-14-26-15-12-21(13-16-26)20-6-3-2-4-7-20/h2-4,6-11,18-19,21H,5,12-17H2,1H3. The summed E-state index contributed by atoms with van der Waals surface area (Å²) in [6.07, 6.45) is 3.59. The molecule has 0 unspecified atom stereocenters. The molecule has 0 amide bonds. The highest BCUT2D eigenvalue weighted by atomic mass is 16.5. The van der Waals surface area contributed by atoms with Crippen LogP contribution in [0.3, 0.4) is 0 Å². The van der Waals surface area contributed by atoms with Gasteiger partial charge in [-0.3, -0.25) is 0 Å². The van der Waals surface area contributed by atoms with E-state index < -0.39 is 0 Å². The Hall–Kier alpha value is -2.52. The van der Waals surface area contributed by atoms with Crippen molar-refractivity contribution in [3.05, 3.63) is 72.3 Å². The van der Waals surface area contributed by atoms with Crippen molar-refractivity contribution in [2.75, 3.05) is 33.4 Å². The summed E-state index contributed by atoms with van der Waals surface area (Å²) in [6, 6.07) is 23.3. The number of methoxy groups -OCH3 is 1. The average Bonchev–Trinajstić information content (AvgIpc) is 2.77. The van der Waals surface area contributed by atoms with Crippen LogP contribution in [0.4, 0.5) is 0 Å². The van der Waals surface area contributed by atoms with E-state index in [0.29, 0.717) is 0 Å². The second-order valence-electron chi connectivity index (χ2n) is 7.60. The molecule has 0 radical (unpaired) electrons. The first-order valence-corrected chi connectivity index (χ1v) is 10.3. The highest BCUT2D eigenvalue weighted by Gasteiger charge is 2.19. The maximum absolute atomic E-state index is 5.99. The smallest absolute Gasteiger partial charge is 0.119 e. The van der Waals surface area contributed by atoms with E-state index in [1.807, 2.05) is 12.1 Å². The van der Waals surface area contributed by atoms with Crippen LogP contribution < -0.4 is 9.47 Å². The van der Waals surface area contributed by atoms with Crippen molar-refractivity contribution in [1.29, 1.82) is 0 Å². The highest BCUT2D eigenvalue weighted by Crippen LogP contribution is 2.28. The summed E-state index contributed by atoms with van der Waals surface area (Å²) in [7, 11) is 1.70. The largest absolute Gasteiger partial charge is 0.497 e. The minimum absolute atomic E-state index is 0.727. The molecule has 3 aromatic carbocycles. The summed E-state index contributed by atoms with van der Waals surface area (Å²) in [4.78, 5) is 2.58. The van der Waals surface area contributed by atoms with Crippen molar-refractivity contribution in [2.45, 2.75) is 25.2 Å². The van der Waals surface area contributed by atoms with Gasteiger partial charge in [-0.2, -0.15) is 0 Å². The van der Waals surface area contributed by atoms with Gasteiger partial charge in [0.2, 0.25) is 0 Å². The molecule has 3 heteroatoms. The molecule has 0 saturated carbocycles. The first-order valence-electron chi connectivity index (χ1n) is 10.3. The molecule has 1 aliphatic rings. The lowest BCUT2D eigenvalue weighted by Gasteiger charge is -2.32. The molecule has 4 rings (SSSR count). The summed E-state index contributed by atoms with van der Waals surface area (Å²) in [5.41, 5.74) is 1.50. The predicted octanol–water partition coefficient (Wildman–Crippen LogP) is 5.50. The molecule has 146 valence electrons. The summed E-state index contributed by atoms with van der Waals surface area (Å²) >= 11 is 0. The zero-order chi connectivity index (χ0) is 19.2. The van der Waals surface area contributed by atoms with Crippen LogP contribution in [0.5, 0.6) is 11.5 Å². The van der Waals surface area contributed by atoms with Crippen molar-refractivity contribution in [1.82, 2.24) is 4.90 Å². The van der Waals surface area contributed by atoms with Gasteiger partial charge in [0.25, 0.3) is 0 Å². The number of ether oxygens (including phenoxy) is 2. The molecule has 28 heavy (non-hydrogen) atoms. The third-order valence-electron chi connectivity index (χ3n) is 5.76. The number of hydrogen-bond donors (Lipinski definition) is 0. The first-order chi connectivity index (χ1) is 13.8. The molecular weight excluding hydrogens is 346 g/mol. The van der Waals surface area contributed by atoms with Crippen molar-refractivity contribution in [2.24, 2.45) is 0 Å². The molecule has 1 aliphatic heterocycles. The van der Waals surface area contributed by atoms with Crippen LogP contribution in [0.15, 0.2) is 66.7 Å². The van der Waals surface area contributed by atoms with Crippen molar-refractivity contribution < 1.29 is 9.47 Å². The van der Waals surface area contributed by atoms with E-state index in [0.717, 1.165) is 37.0 Å². The van der Waals surface area contributed by atoms with Crippen LogP contribution in [0.25, 0.3) is 10.8 Å². The van der Waals surface area contributed by atoms with Gasteiger partial charge in [0.1, 0.15) is 11.5 Å². The Balaban J connectivity index is 1.20. The van der Waals surface area contributed by atoms with E-state index in [-0.39, 0.29) is 0 Å². The Morgan fingerprint density at radius 2 is 1.54 bits per heavy atom. The summed E-state index contributed by atoms with van der Waals surface area (Å²) in [5.74, 6) is 2.56. The topological polar surface area (TPSA) is 21.7 Å². The number of rotatable bonds is 7. The second-order valence-corrected chi connectivity index (χ2v) is 7.60. The Bertz CT molecular complexity index is 885. The van der Waals surface area contributed by atoms with Gasteiger partial charge in [-0.25, -0.2) is 0 Å². The van der Waals surface area contributed by atoms with Crippen molar-refractivity contribution >= 4 is 10.8 Å². The van der Waals surface area contributed by atoms with Crippen LogP contribution in [0.2, 0.25) is 0 Å². The lowest BCUT2D eigenvalue weighted by Crippen LogP contribution is -2.34. The fraction of sp³-hybridized carbons (Fsp3) is 0.360. The molecule has 0 aliphatic carbocycles. The molecule has 1 saturated heterocycles. The van der Waals surface area contributed by atoms with Crippen LogP contribution in [-0.2, 0) is 0 Å². The lowest BCUT2D eigenvalue weighted by molar-refractivity contribution is 0.193. The third kappa shape index (κ3) is 4.66. The molecular formula is C25H29NO2. The third-order valence-corrected chi connectivity index (χ3v) is 5.76. The average molecular weight is 376 g/mol. The van der Waals surface area contributed by atoms with Gasteiger partial charge in [0, 0.05) is 6.54 Å². The van der Waals surface area contributed by atoms with Crippen LogP contribution in [-0.4, -0.2) is 38.3 Å². The maximum atomic E-state index is 5.99. The number of piperidine rings is 1. The van der Waals surface area contributed by atoms with Gasteiger partial charge in [-0.05, 0) is 78.9 Å². The Kier molecular flexibility index (Phi) is 6.13. The van der Waals surface area contributed by atoms with Gasteiger partial charge in [0.05, 0.1) is 13.7 Å². The molecule has 0 atom stereocenters. The van der Waals surface area contributed by atoms with E-state index in [1.165, 1.54) is 42.3 Å². The fourth-order valence-corrected chi connectivity index (χ4v) is 4.11. The van der Waals surface area contributed by atoms with Gasteiger partial charge in [0.15, 0.2) is 0 Å². The first kappa shape index (κ1) is 18.8. The maximum Gasteiger partial charge on any atom is 0.119 e. The van der Waals surface area contributed by atoms with Crippen LogP contribution in [0, 0.1) is 0 Å². The highest BCUT2D eigenvalue weighted by molar-refractivity contribution is 5.85. The summed E-state index contributed by atoms with van der Waals surface area (Å²) in [5, 5.41) is 2.36. The van der Waals surface area contributed by atoms with Crippen molar-refractivity contribution in [3.63, 3.8) is 0 Å². The van der Waals surface area contributed by atoms with E-state index >= 15 is 0 Å². The zero-order valence-corrected chi connectivity index (χ0v) is 16.6. The van der Waals surface area contributed by atoms with E-state index in [1.54, 1.807) is 7.11 Å². The number of nitrogens with zero attached hydrogens (tertiary/aromatic N) is 1. The lowest BCUT2D eigenvalue weighted by atomic mass is 9.89. The normalized spacial score (nSPS) is 15.6. The molecule has 0 bridgehead atoms. The summed E-state index contributed by atoms with van der Waals surface area (Å²) < 4.78 is 11.3. The van der Waals surface area contributed by atoms with Gasteiger partial charge in [-0.15, -0.1) is 0 Å². The Morgan fingerprint density at radius 1 is 0.857 bits per heavy atom. The summed E-state index contributed by atoms with van der Waals surface area (Å²) in [6.45, 7) is 4.27. The van der Waals surface area contributed by atoms with Crippen LogP contribution >= 0.6 is 0 Å². The number of benzene rings is 3. The monoisotopic (exact) mass is 375 g/mol. The minimum atomic E-state index is 0.727. The van der Waals surface area contributed by atoms with E-state index in [2.05, 4.69) is 59.5 Å². The fourth-order valence-electron chi connectivity index (χ4n) is 4.11. The van der Waals surface area contributed by atoms with Gasteiger partial charge in [-0.1, -0.05) is 42.5 Å². The van der Waals surface area contributed by atoms with E-state index in [4.69, 9.17) is 9.47 Å². The van der Waals surface area contributed by atoms with Crippen LogP contribution in [0.1, 0.15) is 30.7 Å². The molecule has 1 heterocycles. The Labute approximate surface area is 167 Å². The molecule has 3 aromatic rings. The number of hydrogen-bond acceptors (Lipinski definition) is 3. The van der Waals surface area contributed by atoms with E-state index in [9.17, 15) is 0 Å². The van der Waals surface area contributed by atoms with Gasteiger partial charge >= 0.3 is 0 Å². The minimum Gasteiger partial charge on any atom is -0.497 e.